The van der Waals surface area contributed by atoms with Crippen LogP contribution in [0.25, 0.3) is 0 Å². The molecule has 104 valence electrons. The summed E-state index contributed by atoms with van der Waals surface area (Å²) in [6.07, 6.45) is 3.21. The lowest BCUT2D eigenvalue weighted by molar-refractivity contribution is -0.0521. The van der Waals surface area contributed by atoms with Gasteiger partial charge in [-0.1, -0.05) is 6.07 Å². The second-order valence-electron chi connectivity index (χ2n) is 5.34. The maximum Gasteiger partial charge on any atom is 0.0707 e. The number of hydrogen-bond acceptors (Lipinski definition) is 3. The molecule has 0 aromatic heterocycles. The van der Waals surface area contributed by atoms with Crippen molar-refractivity contribution in [3.63, 3.8) is 0 Å². The molecule has 3 atom stereocenters. The molecule has 5 heteroatoms. The molecule has 2 aliphatic heterocycles. The van der Waals surface area contributed by atoms with E-state index in [1.165, 1.54) is 18.4 Å². The Hall–Kier alpha value is 0.0600. The monoisotopic (exact) mass is 388 g/mol. The van der Waals surface area contributed by atoms with Crippen LogP contribution in [0.2, 0.25) is 0 Å². The topological polar surface area (TPSA) is 38.5 Å². The first-order valence-electron chi connectivity index (χ1n) is 6.72. The van der Waals surface area contributed by atoms with Crippen LogP contribution in [0.5, 0.6) is 0 Å². The van der Waals surface area contributed by atoms with Crippen molar-refractivity contribution in [2.75, 3.05) is 19.6 Å². The normalized spacial score (nSPS) is 28.6. The van der Waals surface area contributed by atoms with E-state index in [1.54, 1.807) is 0 Å². The number of morpholine rings is 1. The SMILES string of the molecule is NCC(c1ccc(Br)c(Br)c1)N1CC2CCC(C1)O2. The number of rotatable bonds is 3. The predicted molar refractivity (Wildman–Crippen MR) is 83.1 cm³/mol. The maximum atomic E-state index is 6.03. The lowest BCUT2D eigenvalue weighted by Gasteiger charge is -2.37. The van der Waals surface area contributed by atoms with E-state index in [-0.39, 0.29) is 6.04 Å². The molecular weight excluding hydrogens is 372 g/mol. The highest BCUT2D eigenvalue weighted by atomic mass is 79.9. The van der Waals surface area contributed by atoms with Crippen LogP contribution in [-0.4, -0.2) is 36.7 Å². The van der Waals surface area contributed by atoms with Crippen molar-refractivity contribution in [1.29, 1.82) is 0 Å². The van der Waals surface area contributed by atoms with Gasteiger partial charge in [0.2, 0.25) is 0 Å². The van der Waals surface area contributed by atoms with Gasteiger partial charge in [0.1, 0.15) is 0 Å². The molecule has 3 nitrogen and oxygen atoms in total. The standard InChI is InChI=1S/C14H18Br2N2O/c15-12-4-1-9(5-13(12)16)14(6-17)18-7-10-2-3-11(8-18)19-10/h1,4-5,10-11,14H,2-3,6-8,17H2. The summed E-state index contributed by atoms with van der Waals surface area (Å²) < 4.78 is 8.06. The van der Waals surface area contributed by atoms with Gasteiger partial charge in [0.25, 0.3) is 0 Å². The molecular formula is C14H18Br2N2O. The van der Waals surface area contributed by atoms with E-state index in [4.69, 9.17) is 10.5 Å². The molecule has 1 aromatic rings. The summed E-state index contributed by atoms with van der Waals surface area (Å²) in [5.41, 5.74) is 7.30. The lowest BCUT2D eigenvalue weighted by atomic mass is 10.0. The van der Waals surface area contributed by atoms with Gasteiger partial charge >= 0.3 is 0 Å². The predicted octanol–water partition coefficient (Wildman–Crippen LogP) is 3.07. The Bertz CT molecular complexity index is 457. The molecule has 0 saturated carbocycles. The molecule has 2 bridgehead atoms. The van der Waals surface area contributed by atoms with Gasteiger partial charge in [-0.2, -0.15) is 0 Å². The van der Waals surface area contributed by atoms with Gasteiger partial charge in [0.15, 0.2) is 0 Å². The fourth-order valence-corrected chi connectivity index (χ4v) is 3.76. The fraction of sp³-hybridized carbons (Fsp3) is 0.571. The highest BCUT2D eigenvalue weighted by molar-refractivity contribution is 9.13. The third kappa shape index (κ3) is 2.90. The molecule has 2 saturated heterocycles. The van der Waals surface area contributed by atoms with Crippen LogP contribution in [0, 0.1) is 0 Å². The summed E-state index contributed by atoms with van der Waals surface area (Å²) in [4.78, 5) is 2.49. The molecule has 0 aliphatic carbocycles. The number of fused-ring (bicyclic) bond motifs is 2. The summed E-state index contributed by atoms with van der Waals surface area (Å²) in [6.45, 7) is 2.66. The van der Waals surface area contributed by atoms with Crippen molar-refractivity contribution in [1.82, 2.24) is 4.90 Å². The summed E-state index contributed by atoms with van der Waals surface area (Å²) in [5.74, 6) is 0. The van der Waals surface area contributed by atoms with Gasteiger partial charge in [0.05, 0.1) is 12.2 Å². The van der Waals surface area contributed by atoms with Gasteiger partial charge in [-0.05, 0) is 62.4 Å². The van der Waals surface area contributed by atoms with Gasteiger partial charge < -0.3 is 10.5 Å². The number of hydrogen-bond donors (Lipinski definition) is 1. The Morgan fingerprint density at radius 2 is 1.89 bits per heavy atom. The van der Waals surface area contributed by atoms with E-state index in [1.807, 2.05) is 0 Å². The molecule has 1 aromatic carbocycles. The molecule has 0 radical (unpaired) electrons. The van der Waals surface area contributed by atoms with Crippen molar-refractivity contribution in [3.8, 4) is 0 Å². The second kappa shape index (κ2) is 5.82. The Labute approximate surface area is 130 Å². The Morgan fingerprint density at radius 3 is 2.47 bits per heavy atom. The number of ether oxygens (including phenoxy) is 1. The van der Waals surface area contributed by atoms with Gasteiger partial charge in [-0.15, -0.1) is 0 Å². The van der Waals surface area contributed by atoms with Crippen LogP contribution >= 0.6 is 31.9 Å². The zero-order valence-corrected chi connectivity index (χ0v) is 13.9. The quantitative estimate of drug-likeness (QED) is 0.863. The molecule has 2 fully saturated rings. The van der Waals surface area contributed by atoms with E-state index in [2.05, 4.69) is 55.0 Å². The van der Waals surface area contributed by atoms with Crippen molar-refractivity contribution >= 4 is 31.9 Å². The van der Waals surface area contributed by atoms with Crippen LogP contribution in [0.4, 0.5) is 0 Å². The number of likely N-dealkylation sites (tertiary alicyclic amines) is 1. The summed E-state index contributed by atoms with van der Waals surface area (Å²) in [7, 11) is 0. The van der Waals surface area contributed by atoms with Gasteiger partial charge in [0, 0.05) is 34.6 Å². The fourth-order valence-electron chi connectivity index (χ4n) is 3.12. The average Bonchev–Trinajstić information content (AvgIpc) is 2.74. The van der Waals surface area contributed by atoms with Crippen LogP contribution in [0.1, 0.15) is 24.4 Å². The molecule has 0 spiro atoms. The first-order chi connectivity index (χ1) is 9.17. The summed E-state index contributed by atoms with van der Waals surface area (Å²) >= 11 is 7.09. The second-order valence-corrected chi connectivity index (χ2v) is 7.05. The number of nitrogens with zero attached hydrogens (tertiary/aromatic N) is 1. The zero-order valence-electron chi connectivity index (χ0n) is 10.7. The minimum absolute atomic E-state index is 0.288. The molecule has 2 aliphatic rings. The minimum atomic E-state index is 0.288. The van der Waals surface area contributed by atoms with Crippen LogP contribution in [0.15, 0.2) is 27.1 Å². The first kappa shape index (κ1) is 14.0. The van der Waals surface area contributed by atoms with Crippen molar-refractivity contribution in [2.45, 2.75) is 31.1 Å². The van der Waals surface area contributed by atoms with E-state index in [0.717, 1.165) is 22.0 Å². The third-order valence-electron chi connectivity index (χ3n) is 4.06. The van der Waals surface area contributed by atoms with Crippen molar-refractivity contribution < 1.29 is 4.74 Å². The molecule has 2 N–H and O–H groups in total. The Kier molecular flexibility index (Phi) is 4.29. The molecule has 0 amide bonds. The molecule has 3 unspecified atom stereocenters. The number of benzene rings is 1. The van der Waals surface area contributed by atoms with Crippen molar-refractivity contribution in [2.24, 2.45) is 5.73 Å². The van der Waals surface area contributed by atoms with E-state index in [0.29, 0.717) is 18.8 Å². The smallest absolute Gasteiger partial charge is 0.0707 e. The molecule has 19 heavy (non-hydrogen) atoms. The Balaban J connectivity index is 1.81. The van der Waals surface area contributed by atoms with E-state index < -0.39 is 0 Å². The Morgan fingerprint density at radius 1 is 1.21 bits per heavy atom. The van der Waals surface area contributed by atoms with Gasteiger partial charge in [-0.25, -0.2) is 0 Å². The maximum absolute atomic E-state index is 6.03. The lowest BCUT2D eigenvalue weighted by Crippen LogP contribution is -2.46. The van der Waals surface area contributed by atoms with E-state index >= 15 is 0 Å². The van der Waals surface area contributed by atoms with E-state index in [9.17, 15) is 0 Å². The third-order valence-corrected chi connectivity index (χ3v) is 5.94. The first-order valence-corrected chi connectivity index (χ1v) is 8.30. The number of nitrogens with two attached hydrogens (primary N) is 1. The zero-order chi connectivity index (χ0) is 13.4. The number of halogens is 2. The summed E-state index contributed by atoms with van der Waals surface area (Å²) in [6, 6.07) is 6.69. The van der Waals surface area contributed by atoms with Crippen LogP contribution in [0.3, 0.4) is 0 Å². The van der Waals surface area contributed by atoms with Crippen LogP contribution in [-0.2, 0) is 4.74 Å². The molecule has 2 heterocycles. The molecule has 3 rings (SSSR count). The summed E-state index contributed by atoms with van der Waals surface area (Å²) in [5, 5.41) is 0. The average molecular weight is 390 g/mol. The van der Waals surface area contributed by atoms with Crippen molar-refractivity contribution in [3.05, 3.63) is 32.7 Å². The largest absolute Gasteiger partial charge is 0.372 e. The van der Waals surface area contributed by atoms with Gasteiger partial charge in [-0.3, -0.25) is 4.90 Å². The highest BCUT2D eigenvalue weighted by Crippen LogP contribution is 2.33. The highest BCUT2D eigenvalue weighted by Gasteiger charge is 2.36. The van der Waals surface area contributed by atoms with Crippen LogP contribution < -0.4 is 5.73 Å². The minimum Gasteiger partial charge on any atom is -0.372 e.